The molecule has 1 amide bonds. The maximum absolute atomic E-state index is 13.3. The van der Waals surface area contributed by atoms with E-state index in [0.717, 1.165) is 11.1 Å². The van der Waals surface area contributed by atoms with Gasteiger partial charge in [-0.15, -0.1) is 0 Å². The second kappa shape index (κ2) is 8.75. The van der Waals surface area contributed by atoms with Crippen LogP contribution in [0.25, 0.3) is 11.1 Å². The number of carbonyl (C=O) groups excluding carboxylic acids is 1. The van der Waals surface area contributed by atoms with Gasteiger partial charge in [0.1, 0.15) is 0 Å². The summed E-state index contributed by atoms with van der Waals surface area (Å²) in [6, 6.07) is 14.7. The zero-order valence-electron chi connectivity index (χ0n) is 18.3. The zero-order chi connectivity index (χ0) is 22.1. The maximum atomic E-state index is 13.3. The highest BCUT2D eigenvalue weighted by Crippen LogP contribution is 2.36. The summed E-state index contributed by atoms with van der Waals surface area (Å²) in [5, 5.41) is 3.04. The van der Waals surface area contributed by atoms with Gasteiger partial charge in [0.2, 0.25) is 5.91 Å². The van der Waals surface area contributed by atoms with Crippen LogP contribution in [0, 0.1) is 19.3 Å². The number of aryl methyl sites for hydroxylation is 2. The zero-order valence-corrected chi connectivity index (χ0v) is 19.1. The van der Waals surface area contributed by atoms with Gasteiger partial charge < -0.3 is 10.1 Å². The van der Waals surface area contributed by atoms with E-state index in [4.69, 9.17) is 4.74 Å². The topological polar surface area (TPSA) is 72.5 Å². The Balaban J connectivity index is 1.51. The number of rotatable bonds is 5. The first-order valence-electron chi connectivity index (χ1n) is 11.0. The minimum absolute atomic E-state index is 0.0312. The molecule has 4 rings (SSSR count). The van der Waals surface area contributed by atoms with Crippen LogP contribution in [0.5, 0.6) is 0 Å². The fraction of sp³-hybridized carbons (Fsp3) is 0.480. The highest BCUT2D eigenvalue weighted by Gasteiger charge is 2.42. The SMILES string of the molecule is Cc1cc(C)cc(-c2ccc(CC3(C(=O)N[C@H]4CCS(=O)(=O)C4)CCOCC3)cc2)c1. The molecule has 2 heterocycles. The fourth-order valence-electron chi connectivity index (χ4n) is 4.84. The van der Waals surface area contributed by atoms with Crippen LogP contribution in [0.3, 0.4) is 0 Å². The first-order valence-corrected chi connectivity index (χ1v) is 12.8. The van der Waals surface area contributed by atoms with E-state index in [1.54, 1.807) is 0 Å². The summed E-state index contributed by atoms with van der Waals surface area (Å²) in [4.78, 5) is 13.3. The molecule has 0 unspecified atom stereocenters. The van der Waals surface area contributed by atoms with E-state index in [2.05, 4.69) is 61.6 Å². The highest BCUT2D eigenvalue weighted by molar-refractivity contribution is 7.91. The van der Waals surface area contributed by atoms with Crippen LogP contribution in [0.1, 0.15) is 36.0 Å². The predicted octanol–water partition coefficient (Wildman–Crippen LogP) is 3.61. The third kappa shape index (κ3) is 5.18. The first-order chi connectivity index (χ1) is 14.7. The lowest BCUT2D eigenvalue weighted by Crippen LogP contribution is -2.49. The molecular formula is C25H31NO4S. The van der Waals surface area contributed by atoms with Gasteiger partial charge in [0.25, 0.3) is 0 Å². The molecule has 2 aliphatic heterocycles. The van der Waals surface area contributed by atoms with Crippen molar-refractivity contribution in [2.75, 3.05) is 24.7 Å². The minimum Gasteiger partial charge on any atom is -0.381 e. The molecule has 2 aromatic rings. The predicted molar refractivity (Wildman–Crippen MR) is 123 cm³/mol. The van der Waals surface area contributed by atoms with Crippen molar-refractivity contribution in [1.82, 2.24) is 5.32 Å². The monoisotopic (exact) mass is 441 g/mol. The third-order valence-corrected chi connectivity index (χ3v) is 8.32. The molecule has 2 fully saturated rings. The minimum atomic E-state index is -3.03. The van der Waals surface area contributed by atoms with Gasteiger partial charge in [-0.25, -0.2) is 8.42 Å². The molecule has 1 N–H and O–H groups in total. The van der Waals surface area contributed by atoms with Crippen LogP contribution in [-0.2, 0) is 25.8 Å². The molecule has 2 aromatic carbocycles. The van der Waals surface area contributed by atoms with E-state index >= 15 is 0 Å². The molecule has 0 saturated carbocycles. The molecular weight excluding hydrogens is 410 g/mol. The fourth-order valence-corrected chi connectivity index (χ4v) is 6.51. The van der Waals surface area contributed by atoms with Gasteiger partial charge in [-0.3, -0.25) is 4.79 Å². The summed E-state index contributed by atoms with van der Waals surface area (Å²) in [6.07, 6.45) is 2.44. The van der Waals surface area contributed by atoms with Gasteiger partial charge in [0.05, 0.1) is 16.9 Å². The van der Waals surface area contributed by atoms with Crippen LogP contribution < -0.4 is 5.32 Å². The Morgan fingerprint density at radius 1 is 1.03 bits per heavy atom. The number of benzene rings is 2. The van der Waals surface area contributed by atoms with E-state index in [1.807, 2.05) is 0 Å². The average molecular weight is 442 g/mol. The molecule has 2 aliphatic rings. The Morgan fingerprint density at radius 2 is 1.68 bits per heavy atom. The Labute approximate surface area is 185 Å². The standard InChI is InChI=1S/C25H31NO4S/c1-18-13-19(2)15-22(14-18)21-5-3-20(4-6-21)16-25(8-10-30-11-9-25)24(27)26-23-7-12-31(28,29)17-23/h3-6,13-15,23H,7-12,16-17H2,1-2H3,(H,26,27)/t23-/m0/s1. The van der Waals surface area contributed by atoms with Gasteiger partial charge in [-0.05, 0) is 56.2 Å². The highest BCUT2D eigenvalue weighted by atomic mass is 32.2. The number of sulfone groups is 1. The number of carbonyl (C=O) groups is 1. The van der Waals surface area contributed by atoms with E-state index in [1.165, 1.54) is 16.7 Å². The molecule has 0 bridgehead atoms. The molecule has 6 heteroatoms. The number of amides is 1. The van der Waals surface area contributed by atoms with Crippen LogP contribution in [0.2, 0.25) is 0 Å². The van der Waals surface area contributed by atoms with E-state index < -0.39 is 15.3 Å². The van der Waals surface area contributed by atoms with Crippen molar-refractivity contribution < 1.29 is 17.9 Å². The average Bonchev–Trinajstić information content (AvgIpc) is 3.06. The molecule has 0 aromatic heterocycles. The molecule has 1 atom stereocenters. The van der Waals surface area contributed by atoms with Crippen molar-refractivity contribution in [3.05, 3.63) is 59.2 Å². The second-order valence-electron chi connectivity index (χ2n) is 9.22. The van der Waals surface area contributed by atoms with E-state index in [0.29, 0.717) is 38.9 Å². The molecule has 166 valence electrons. The normalized spacial score (nSPS) is 22.2. The van der Waals surface area contributed by atoms with Crippen molar-refractivity contribution in [2.24, 2.45) is 5.41 Å². The maximum Gasteiger partial charge on any atom is 0.226 e. The largest absolute Gasteiger partial charge is 0.381 e. The molecule has 0 radical (unpaired) electrons. The number of hydrogen-bond acceptors (Lipinski definition) is 4. The van der Waals surface area contributed by atoms with Crippen molar-refractivity contribution in [2.45, 2.75) is 45.6 Å². The van der Waals surface area contributed by atoms with Crippen molar-refractivity contribution in [3.8, 4) is 11.1 Å². The Hall–Kier alpha value is -2.18. The molecule has 0 spiro atoms. The number of ether oxygens (including phenoxy) is 1. The lowest BCUT2D eigenvalue weighted by atomic mass is 9.74. The molecule has 0 aliphatic carbocycles. The Morgan fingerprint density at radius 3 is 2.26 bits per heavy atom. The number of hydrogen-bond donors (Lipinski definition) is 1. The summed E-state index contributed by atoms with van der Waals surface area (Å²) < 4.78 is 29.1. The van der Waals surface area contributed by atoms with Gasteiger partial charge in [-0.2, -0.15) is 0 Å². The lowest BCUT2D eigenvalue weighted by molar-refractivity contribution is -0.137. The van der Waals surface area contributed by atoms with E-state index in [-0.39, 0.29) is 23.5 Å². The summed E-state index contributed by atoms with van der Waals surface area (Å²) in [6.45, 7) is 5.32. The molecule has 31 heavy (non-hydrogen) atoms. The van der Waals surface area contributed by atoms with Crippen LogP contribution in [0.4, 0.5) is 0 Å². The van der Waals surface area contributed by atoms with Crippen LogP contribution >= 0.6 is 0 Å². The molecule has 2 saturated heterocycles. The number of nitrogens with one attached hydrogen (secondary N) is 1. The van der Waals surface area contributed by atoms with Gasteiger partial charge in [-0.1, -0.05) is 53.6 Å². The first kappa shape index (κ1) is 22.0. The van der Waals surface area contributed by atoms with Gasteiger partial charge in [0.15, 0.2) is 9.84 Å². The Bertz CT molecular complexity index is 1030. The summed E-state index contributed by atoms with van der Waals surface area (Å²) in [5.41, 5.74) is 5.41. The summed E-state index contributed by atoms with van der Waals surface area (Å²) in [5.74, 6) is 0.181. The summed E-state index contributed by atoms with van der Waals surface area (Å²) >= 11 is 0. The smallest absolute Gasteiger partial charge is 0.226 e. The van der Waals surface area contributed by atoms with Crippen molar-refractivity contribution >= 4 is 15.7 Å². The van der Waals surface area contributed by atoms with E-state index in [9.17, 15) is 13.2 Å². The third-order valence-electron chi connectivity index (χ3n) is 6.55. The lowest BCUT2D eigenvalue weighted by Gasteiger charge is -2.36. The second-order valence-corrected chi connectivity index (χ2v) is 11.4. The van der Waals surface area contributed by atoms with Gasteiger partial charge >= 0.3 is 0 Å². The van der Waals surface area contributed by atoms with Crippen molar-refractivity contribution in [1.29, 1.82) is 0 Å². The summed E-state index contributed by atoms with van der Waals surface area (Å²) in [7, 11) is -3.03. The van der Waals surface area contributed by atoms with Crippen molar-refractivity contribution in [3.63, 3.8) is 0 Å². The van der Waals surface area contributed by atoms with Crippen LogP contribution in [0.15, 0.2) is 42.5 Å². The van der Waals surface area contributed by atoms with Crippen LogP contribution in [-0.4, -0.2) is 45.1 Å². The quantitative estimate of drug-likeness (QED) is 0.769. The van der Waals surface area contributed by atoms with Gasteiger partial charge in [0, 0.05) is 19.3 Å². The Kier molecular flexibility index (Phi) is 6.22. The molecule has 5 nitrogen and oxygen atoms in total.